The minimum atomic E-state index is -0.280. The van der Waals surface area contributed by atoms with E-state index >= 15 is 0 Å². The molecule has 1 fully saturated rings. The van der Waals surface area contributed by atoms with E-state index in [1.165, 1.54) is 12.1 Å². The molecule has 0 unspecified atom stereocenters. The van der Waals surface area contributed by atoms with Gasteiger partial charge in [-0.1, -0.05) is 6.07 Å². The van der Waals surface area contributed by atoms with Crippen LogP contribution in [0.5, 0.6) is 5.75 Å². The Morgan fingerprint density at radius 3 is 2.91 bits per heavy atom. The summed E-state index contributed by atoms with van der Waals surface area (Å²) in [6.07, 6.45) is 5.15. The first kappa shape index (κ1) is 15.7. The van der Waals surface area contributed by atoms with Crippen LogP contribution >= 0.6 is 0 Å². The number of aromatic amines is 1. The monoisotopic (exact) mass is 317 g/mol. The van der Waals surface area contributed by atoms with Gasteiger partial charge in [-0.15, -0.1) is 0 Å². The van der Waals surface area contributed by atoms with Gasteiger partial charge >= 0.3 is 0 Å². The fourth-order valence-electron chi connectivity index (χ4n) is 2.79. The van der Waals surface area contributed by atoms with Gasteiger partial charge in [-0.2, -0.15) is 0 Å². The van der Waals surface area contributed by atoms with Crippen LogP contribution < -0.4 is 10.3 Å². The first-order valence-electron chi connectivity index (χ1n) is 7.84. The van der Waals surface area contributed by atoms with Gasteiger partial charge < -0.3 is 9.72 Å². The maximum Gasteiger partial charge on any atom is 0.270 e. The van der Waals surface area contributed by atoms with Gasteiger partial charge in [0.25, 0.3) is 5.56 Å². The Morgan fingerprint density at radius 1 is 1.35 bits per heavy atom. The van der Waals surface area contributed by atoms with Crippen molar-refractivity contribution in [3.8, 4) is 5.75 Å². The summed E-state index contributed by atoms with van der Waals surface area (Å²) in [6, 6.07) is 6.23. The lowest BCUT2D eigenvalue weighted by atomic mass is 9.97. The zero-order valence-corrected chi connectivity index (χ0v) is 12.9. The summed E-state index contributed by atoms with van der Waals surface area (Å²) in [6.45, 7) is 3.00. The molecule has 1 aromatic carbocycles. The molecule has 1 aromatic heterocycles. The number of nitrogens with zero attached hydrogens (tertiary/aromatic N) is 2. The topological polar surface area (TPSA) is 58.2 Å². The maximum absolute atomic E-state index is 13.1. The summed E-state index contributed by atoms with van der Waals surface area (Å²) in [5.41, 5.74) is 0.436. The minimum Gasteiger partial charge on any atom is -0.493 e. The molecule has 0 radical (unpaired) electrons. The number of H-pyrrole nitrogens is 1. The predicted octanol–water partition coefficient (Wildman–Crippen LogP) is 2.20. The van der Waals surface area contributed by atoms with Gasteiger partial charge in [0.05, 0.1) is 6.61 Å². The van der Waals surface area contributed by atoms with Crippen LogP contribution in [0.3, 0.4) is 0 Å². The Bertz CT molecular complexity index is 696. The predicted molar refractivity (Wildman–Crippen MR) is 84.8 cm³/mol. The number of benzene rings is 1. The summed E-state index contributed by atoms with van der Waals surface area (Å²) in [5, 5.41) is 0. The number of nitrogens with one attached hydrogen (secondary N) is 1. The highest BCUT2D eigenvalue weighted by Gasteiger charge is 2.20. The summed E-state index contributed by atoms with van der Waals surface area (Å²) in [4.78, 5) is 20.7. The van der Waals surface area contributed by atoms with Crippen LogP contribution in [0.25, 0.3) is 0 Å². The van der Waals surface area contributed by atoms with Crippen molar-refractivity contribution in [2.45, 2.75) is 19.4 Å². The van der Waals surface area contributed by atoms with Gasteiger partial charge in [-0.3, -0.25) is 14.7 Å². The summed E-state index contributed by atoms with van der Waals surface area (Å²) >= 11 is 0. The number of halogens is 1. The largest absolute Gasteiger partial charge is 0.493 e. The second-order valence-corrected chi connectivity index (χ2v) is 5.85. The number of hydrogen-bond acceptors (Lipinski definition) is 4. The van der Waals surface area contributed by atoms with E-state index in [1.54, 1.807) is 24.5 Å². The Hall–Kier alpha value is -2.21. The zero-order valence-electron chi connectivity index (χ0n) is 12.9. The van der Waals surface area contributed by atoms with Gasteiger partial charge in [0.1, 0.15) is 17.3 Å². The molecule has 122 valence electrons. The Labute approximate surface area is 134 Å². The van der Waals surface area contributed by atoms with E-state index in [-0.39, 0.29) is 11.4 Å². The summed E-state index contributed by atoms with van der Waals surface area (Å²) < 4.78 is 18.8. The van der Waals surface area contributed by atoms with E-state index in [0.29, 0.717) is 30.5 Å². The summed E-state index contributed by atoms with van der Waals surface area (Å²) in [7, 11) is 0. The molecule has 0 bridgehead atoms. The highest BCUT2D eigenvalue weighted by atomic mass is 19.1. The normalized spacial score (nSPS) is 16.4. The molecule has 1 aliphatic heterocycles. The van der Waals surface area contributed by atoms with Gasteiger partial charge in [-0.05, 0) is 44.0 Å². The standard InChI is InChI=1S/C17H20FN3O2/c18-14-2-1-3-15(10-14)23-12-13-4-8-21(9-5-13)11-16-17(22)20-7-6-19-16/h1-3,6-7,10,13H,4-5,8-9,11-12H2,(H,20,22). The number of likely N-dealkylation sites (tertiary alicyclic amines) is 1. The Balaban J connectivity index is 1.45. The van der Waals surface area contributed by atoms with Crippen LogP contribution in [0, 0.1) is 11.7 Å². The molecule has 23 heavy (non-hydrogen) atoms. The highest BCUT2D eigenvalue weighted by molar-refractivity contribution is 5.22. The van der Waals surface area contributed by atoms with Crippen LogP contribution in [0.4, 0.5) is 4.39 Å². The highest BCUT2D eigenvalue weighted by Crippen LogP contribution is 2.20. The third-order valence-corrected chi connectivity index (χ3v) is 4.14. The van der Waals surface area contributed by atoms with Crippen molar-refractivity contribution in [1.82, 2.24) is 14.9 Å². The molecule has 0 aliphatic carbocycles. The van der Waals surface area contributed by atoms with E-state index in [0.717, 1.165) is 25.9 Å². The molecule has 1 saturated heterocycles. The molecule has 0 spiro atoms. The molecule has 5 nitrogen and oxygen atoms in total. The molecule has 6 heteroatoms. The quantitative estimate of drug-likeness (QED) is 0.918. The van der Waals surface area contributed by atoms with Gasteiger partial charge in [0.15, 0.2) is 0 Å². The zero-order chi connectivity index (χ0) is 16.1. The van der Waals surface area contributed by atoms with Gasteiger partial charge in [0.2, 0.25) is 0 Å². The summed E-state index contributed by atoms with van der Waals surface area (Å²) in [5.74, 6) is 0.752. The van der Waals surface area contributed by atoms with Crippen LogP contribution in [0.15, 0.2) is 41.5 Å². The number of piperidine rings is 1. The van der Waals surface area contributed by atoms with Gasteiger partial charge in [0, 0.05) is 25.0 Å². The van der Waals surface area contributed by atoms with Crippen molar-refractivity contribution in [2.75, 3.05) is 19.7 Å². The van der Waals surface area contributed by atoms with Crippen LogP contribution in [-0.2, 0) is 6.54 Å². The molecule has 0 atom stereocenters. The molecular formula is C17H20FN3O2. The molecule has 0 saturated carbocycles. The number of hydrogen-bond donors (Lipinski definition) is 1. The van der Waals surface area contributed by atoms with Crippen molar-refractivity contribution in [1.29, 1.82) is 0 Å². The minimum absolute atomic E-state index is 0.121. The fourth-order valence-corrected chi connectivity index (χ4v) is 2.79. The van der Waals surface area contributed by atoms with Crippen molar-refractivity contribution >= 4 is 0 Å². The first-order chi connectivity index (χ1) is 11.2. The van der Waals surface area contributed by atoms with E-state index in [9.17, 15) is 9.18 Å². The van der Waals surface area contributed by atoms with Crippen molar-refractivity contribution in [2.24, 2.45) is 5.92 Å². The average molecular weight is 317 g/mol. The lowest BCUT2D eigenvalue weighted by Gasteiger charge is -2.31. The number of aromatic nitrogens is 2. The fraction of sp³-hybridized carbons (Fsp3) is 0.412. The number of rotatable bonds is 5. The first-order valence-corrected chi connectivity index (χ1v) is 7.84. The van der Waals surface area contributed by atoms with Crippen molar-refractivity contribution < 1.29 is 9.13 Å². The Kier molecular flexibility index (Phi) is 5.02. The second-order valence-electron chi connectivity index (χ2n) is 5.85. The maximum atomic E-state index is 13.1. The van der Waals surface area contributed by atoms with E-state index in [2.05, 4.69) is 14.9 Å². The van der Waals surface area contributed by atoms with Crippen LogP contribution in [-0.4, -0.2) is 34.6 Å². The van der Waals surface area contributed by atoms with E-state index in [4.69, 9.17) is 4.74 Å². The van der Waals surface area contributed by atoms with E-state index in [1.807, 2.05) is 0 Å². The molecule has 0 amide bonds. The Morgan fingerprint density at radius 2 is 2.17 bits per heavy atom. The van der Waals surface area contributed by atoms with Crippen LogP contribution in [0.2, 0.25) is 0 Å². The lowest BCUT2D eigenvalue weighted by molar-refractivity contribution is 0.135. The molecular weight excluding hydrogens is 297 g/mol. The smallest absolute Gasteiger partial charge is 0.270 e. The lowest BCUT2D eigenvalue weighted by Crippen LogP contribution is -2.36. The van der Waals surface area contributed by atoms with Crippen LogP contribution in [0.1, 0.15) is 18.5 Å². The molecule has 2 aromatic rings. The third-order valence-electron chi connectivity index (χ3n) is 4.14. The molecule has 1 N–H and O–H groups in total. The van der Waals surface area contributed by atoms with Crippen molar-refractivity contribution in [3.63, 3.8) is 0 Å². The average Bonchev–Trinajstić information content (AvgIpc) is 2.56. The van der Waals surface area contributed by atoms with E-state index < -0.39 is 0 Å². The SMILES string of the molecule is O=c1[nH]ccnc1CN1CCC(COc2cccc(F)c2)CC1. The van der Waals surface area contributed by atoms with Crippen molar-refractivity contribution in [3.05, 3.63) is 58.5 Å². The van der Waals surface area contributed by atoms with Gasteiger partial charge in [-0.25, -0.2) is 4.39 Å². The molecule has 3 rings (SSSR count). The number of ether oxygens (including phenoxy) is 1. The second kappa shape index (κ2) is 7.37. The third kappa shape index (κ3) is 4.39. The molecule has 2 heterocycles. The molecule has 1 aliphatic rings.